The fourth-order valence-electron chi connectivity index (χ4n) is 15.0. The normalized spacial score (nSPS) is 45.1. The first-order chi connectivity index (χ1) is 35.4. The van der Waals surface area contributed by atoms with Crippen molar-refractivity contribution in [3.63, 3.8) is 0 Å². The Morgan fingerprint density at radius 3 is 0.611 bits per heavy atom. The van der Waals surface area contributed by atoms with Gasteiger partial charge in [0.15, 0.2) is 0 Å². The average molecular weight is 1000 g/mol. The predicted octanol–water partition coefficient (Wildman–Crippen LogP) is 4.05. The number of ether oxygens (including phenoxy) is 8. The Morgan fingerprint density at radius 1 is 0.250 bits per heavy atom. The summed E-state index contributed by atoms with van der Waals surface area (Å²) in [5.41, 5.74) is 0. The van der Waals surface area contributed by atoms with Crippen molar-refractivity contribution in [2.75, 3.05) is 52.9 Å². The fourth-order valence-corrected chi connectivity index (χ4v) is 15.0. The van der Waals surface area contributed by atoms with Crippen LogP contribution in [0.25, 0.3) is 0 Å². The molecule has 0 spiro atoms. The van der Waals surface area contributed by atoms with Crippen LogP contribution in [0.2, 0.25) is 0 Å². The second kappa shape index (κ2) is 25.9. The third kappa shape index (κ3) is 11.1. The minimum absolute atomic E-state index is 0.0244. The average Bonchev–Trinajstić information content (AvgIpc) is 4.14. The standard InChI is InChI=1S/C56H88N8O8/c1-9-25-65-41-37-39(43(67-27-11-3)47(71-31-15-7)45(41)69-29-13-5)55-62-53(37)60-51-35-23-19-17-21-33(35)49(58-51)57-50-34-22-18-20-24-36(34)52(59-50)61-54-38-40(56(63-54)64-55)44(68-28-12-4)48(72-32-16-8)46(70-30-14-6)42(38)66-26-10-2/h9-16,33-64H,1-8,17-32H2. The number of rotatable bonds is 24. The first kappa shape index (κ1) is 54.1. The van der Waals surface area contributed by atoms with Gasteiger partial charge in [-0.25, -0.2) is 0 Å². The lowest BCUT2D eigenvalue weighted by Crippen LogP contribution is -2.67. The van der Waals surface area contributed by atoms with Crippen LogP contribution >= 0.6 is 0 Å². The molecule has 16 heteroatoms. The van der Waals surface area contributed by atoms with E-state index < -0.39 is 48.8 Å². The van der Waals surface area contributed by atoms with Gasteiger partial charge in [0, 0.05) is 23.7 Å². The number of hydrogen-bond acceptors (Lipinski definition) is 16. The maximum atomic E-state index is 7.01. The van der Waals surface area contributed by atoms with Crippen molar-refractivity contribution in [1.82, 2.24) is 42.5 Å². The molecule has 5 aliphatic heterocycles. The van der Waals surface area contributed by atoms with E-state index in [9.17, 15) is 0 Å². The Morgan fingerprint density at radius 2 is 0.417 bits per heavy atom. The summed E-state index contributed by atoms with van der Waals surface area (Å²) in [5, 5.41) is 33.8. The van der Waals surface area contributed by atoms with Crippen molar-refractivity contribution in [2.24, 2.45) is 47.3 Å². The Labute approximate surface area is 430 Å². The molecule has 4 aliphatic carbocycles. The van der Waals surface area contributed by atoms with Crippen LogP contribution in [0.3, 0.4) is 0 Å². The Hall–Kier alpha value is -2.72. The van der Waals surface area contributed by atoms with Gasteiger partial charge in [0.1, 0.15) is 24.4 Å². The smallest absolute Gasteiger partial charge is 0.113 e. The highest BCUT2D eigenvalue weighted by Crippen LogP contribution is 2.49. The largest absolute Gasteiger partial charge is 0.371 e. The molecule has 0 amide bonds. The highest BCUT2D eigenvalue weighted by Gasteiger charge is 2.66. The van der Waals surface area contributed by atoms with Gasteiger partial charge >= 0.3 is 0 Å². The molecule has 9 rings (SSSR count). The van der Waals surface area contributed by atoms with Crippen LogP contribution < -0.4 is 42.5 Å². The summed E-state index contributed by atoms with van der Waals surface area (Å²) in [5.74, 6) is 0.978. The lowest BCUT2D eigenvalue weighted by Gasteiger charge is -2.51. The Balaban J connectivity index is 1.20. The molecule has 24 atom stereocenters. The third-order valence-electron chi connectivity index (χ3n) is 17.5. The van der Waals surface area contributed by atoms with Gasteiger partial charge in [0.05, 0.1) is 127 Å². The van der Waals surface area contributed by atoms with Crippen LogP contribution in [0.1, 0.15) is 51.4 Å². The lowest BCUT2D eigenvalue weighted by molar-refractivity contribution is -0.233. The molecule has 5 heterocycles. The van der Waals surface area contributed by atoms with Gasteiger partial charge in [-0.2, -0.15) is 0 Å². The van der Waals surface area contributed by atoms with Crippen LogP contribution in [-0.2, 0) is 37.9 Å². The van der Waals surface area contributed by atoms with E-state index in [-0.39, 0.29) is 73.0 Å². The summed E-state index contributed by atoms with van der Waals surface area (Å²) < 4.78 is 55.2. The number of nitrogens with one attached hydrogen (secondary N) is 8. The van der Waals surface area contributed by atoms with Crippen LogP contribution in [0.5, 0.6) is 0 Å². The summed E-state index contributed by atoms with van der Waals surface area (Å²) in [4.78, 5) is 0. The van der Waals surface area contributed by atoms with E-state index in [1.165, 1.54) is 38.5 Å². The van der Waals surface area contributed by atoms with E-state index in [1.807, 2.05) is 12.2 Å². The molecule has 8 bridgehead atoms. The molecule has 24 unspecified atom stereocenters. The summed E-state index contributed by atoms with van der Waals surface area (Å²) >= 11 is 0. The van der Waals surface area contributed by atoms with Crippen molar-refractivity contribution in [2.45, 2.75) is 150 Å². The van der Waals surface area contributed by atoms with E-state index in [4.69, 9.17) is 37.9 Å². The van der Waals surface area contributed by atoms with Crippen molar-refractivity contribution in [3.05, 3.63) is 101 Å². The first-order valence-corrected chi connectivity index (χ1v) is 27.3. The zero-order chi connectivity index (χ0) is 50.1. The molecule has 400 valence electrons. The number of fused-ring (bicyclic) bond motifs is 20. The second-order valence-electron chi connectivity index (χ2n) is 21.4. The Kier molecular flexibility index (Phi) is 19.4. The molecule has 0 aromatic carbocycles. The highest BCUT2D eigenvalue weighted by atomic mass is 16.6. The van der Waals surface area contributed by atoms with Gasteiger partial charge in [-0.3, -0.25) is 42.5 Å². The molecule has 16 nitrogen and oxygen atoms in total. The van der Waals surface area contributed by atoms with Crippen LogP contribution in [-0.4, -0.2) is 151 Å². The van der Waals surface area contributed by atoms with Crippen LogP contribution in [0, 0.1) is 47.3 Å². The maximum absolute atomic E-state index is 7.01. The zero-order valence-corrected chi connectivity index (χ0v) is 42.7. The molecule has 8 N–H and O–H groups in total. The van der Waals surface area contributed by atoms with Gasteiger partial charge in [0.25, 0.3) is 0 Å². The third-order valence-corrected chi connectivity index (χ3v) is 17.5. The van der Waals surface area contributed by atoms with Crippen molar-refractivity contribution in [3.8, 4) is 0 Å². The van der Waals surface area contributed by atoms with Gasteiger partial charge < -0.3 is 37.9 Å². The Bertz CT molecular complexity index is 1720. The monoisotopic (exact) mass is 1000 g/mol. The summed E-state index contributed by atoms with van der Waals surface area (Å²) in [7, 11) is 0. The van der Waals surface area contributed by atoms with Gasteiger partial charge in [0.2, 0.25) is 0 Å². The quantitative estimate of drug-likeness (QED) is 0.0652. The molecule has 72 heavy (non-hydrogen) atoms. The van der Waals surface area contributed by atoms with Crippen molar-refractivity contribution in [1.29, 1.82) is 0 Å². The van der Waals surface area contributed by atoms with Crippen molar-refractivity contribution < 1.29 is 37.9 Å². The maximum Gasteiger partial charge on any atom is 0.113 e. The minimum atomic E-state index is -0.544. The molecule has 4 saturated carbocycles. The highest BCUT2D eigenvalue weighted by molar-refractivity contribution is 5.17. The van der Waals surface area contributed by atoms with E-state index in [0.717, 1.165) is 12.8 Å². The van der Waals surface area contributed by atoms with Gasteiger partial charge in [-0.05, 0) is 49.4 Å². The molecule has 0 aromatic rings. The molecule has 9 aliphatic rings. The van der Waals surface area contributed by atoms with Crippen LogP contribution in [0.15, 0.2) is 101 Å². The predicted molar refractivity (Wildman–Crippen MR) is 280 cm³/mol. The van der Waals surface area contributed by atoms with E-state index in [0.29, 0.717) is 76.5 Å². The summed E-state index contributed by atoms with van der Waals surface area (Å²) in [6.45, 7) is 35.0. The molecule has 0 aromatic heterocycles. The van der Waals surface area contributed by atoms with E-state index in [2.05, 4.69) is 95.2 Å². The lowest BCUT2D eigenvalue weighted by atomic mass is 9.70. The van der Waals surface area contributed by atoms with Gasteiger partial charge in [-0.15, -0.1) is 52.6 Å². The van der Waals surface area contributed by atoms with Crippen LogP contribution in [0.4, 0.5) is 0 Å². The molecule has 9 fully saturated rings. The van der Waals surface area contributed by atoms with E-state index >= 15 is 0 Å². The topological polar surface area (TPSA) is 170 Å². The zero-order valence-electron chi connectivity index (χ0n) is 42.7. The SMILES string of the molecule is C=CCOC1C(OCC=C)C(OCC=C)C2C3NC(NC4NC(NC5NC(NC6NC(N3)C3C(OCC=C)C(OCC=C)C(OCC=C)C(OCC=C)C63)C3CCCCC53)C3CCCCC43)C2C1OCC=C. The van der Waals surface area contributed by atoms with Crippen molar-refractivity contribution >= 4 is 0 Å². The number of hydrogen-bond donors (Lipinski definition) is 8. The summed E-state index contributed by atoms with van der Waals surface area (Å²) in [6, 6.07) is 0. The minimum Gasteiger partial charge on any atom is -0.371 e. The molecular weight excluding hydrogens is 913 g/mol. The first-order valence-electron chi connectivity index (χ1n) is 27.3. The molecule has 0 radical (unpaired) electrons. The fraction of sp³-hybridized carbons (Fsp3) is 0.714. The second-order valence-corrected chi connectivity index (χ2v) is 21.4. The summed E-state index contributed by atoms with van der Waals surface area (Å²) in [6.07, 6.45) is 19.0. The van der Waals surface area contributed by atoms with E-state index in [1.54, 1.807) is 36.5 Å². The molecule has 5 saturated heterocycles. The molecular formula is C56H88N8O8. The van der Waals surface area contributed by atoms with Gasteiger partial charge in [-0.1, -0.05) is 74.3 Å².